The minimum Gasteiger partial charge on any atom is -0.345 e. The van der Waals surface area contributed by atoms with Gasteiger partial charge in [-0.05, 0) is 26.0 Å². The molecule has 1 amide bonds. The highest BCUT2D eigenvalue weighted by Gasteiger charge is 2.18. The molecule has 0 aliphatic heterocycles. The summed E-state index contributed by atoms with van der Waals surface area (Å²) < 4.78 is 2.45. The molecule has 0 saturated heterocycles. The average molecular weight is 384 g/mol. The summed E-state index contributed by atoms with van der Waals surface area (Å²) in [6.07, 6.45) is 0. The standard InChI is InChI=1S/C19H24N6O3/c1-5-24-18(27)13-8-6-7-9-14(13)25(19(24)28)10-15(26)20-12(4)17-21-16(11(2)3)22-23-17/h6-9,11-12H,5,10H2,1-4H3,(H,20,26)(H,21,22,23). The largest absolute Gasteiger partial charge is 0.345 e. The van der Waals surface area contributed by atoms with E-state index < -0.39 is 11.7 Å². The van der Waals surface area contributed by atoms with E-state index in [9.17, 15) is 14.4 Å². The number of aromatic amines is 1. The van der Waals surface area contributed by atoms with Crippen molar-refractivity contribution in [3.05, 3.63) is 56.8 Å². The van der Waals surface area contributed by atoms with Crippen LogP contribution in [0, 0.1) is 0 Å². The van der Waals surface area contributed by atoms with Crippen molar-refractivity contribution < 1.29 is 4.79 Å². The first-order chi connectivity index (χ1) is 13.3. The monoisotopic (exact) mass is 384 g/mol. The smallest absolute Gasteiger partial charge is 0.331 e. The number of benzene rings is 1. The number of carbonyl (C=O) groups excluding carboxylic acids is 1. The highest BCUT2D eigenvalue weighted by Crippen LogP contribution is 2.12. The van der Waals surface area contributed by atoms with Crippen LogP contribution >= 0.6 is 0 Å². The van der Waals surface area contributed by atoms with E-state index in [1.807, 2.05) is 13.8 Å². The van der Waals surface area contributed by atoms with Crippen LogP contribution in [0.25, 0.3) is 10.9 Å². The van der Waals surface area contributed by atoms with Gasteiger partial charge in [0.05, 0.1) is 16.9 Å². The molecule has 0 fully saturated rings. The molecule has 0 radical (unpaired) electrons. The van der Waals surface area contributed by atoms with E-state index in [0.29, 0.717) is 22.6 Å². The third-order valence-electron chi connectivity index (χ3n) is 4.57. The van der Waals surface area contributed by atoms with Crippen molar-refractivity contribution in [1.82, 2.24) is 29.6 Å². The summed E-state index contributed by atoms with van der Waals surface area (Å²) in [4.78, 5) is 42.2. The molecule has 9 heteroatoms. The van der Waals surface area contributed by atoms with Crippen LogP contribution < -0.4 is 16.6 Å². The Labute approximate surface area is 161 Å². The number of nitrogens with zero attached hydrogens (tertiary/aromatic N) is 4. The highest BCUT2D eigenvalue weighted by atomic mass is 16.2. The molecule has 148 valence electrons. The van der Waals surface area contributed by atoms with E-state index >= 15 is 0 Å². The van der Waals surface area contributed by atoms with Crippen LogP contribution in [0.15, 0.2) is 33.9 Å². The molecular formula is C19H24N6O3. The summed E-state index contributed by atoms with van der Waals surface area (Å²) in [7, 11) is 0. The van der Waals surface area contributed by atoms with Gasteiger partial charge < -0.3 is 5.32 Å². The summed E-state index contributed by atoms with van der Waals surface area (Å²) >= 11 is 0. The van der Waals surface area contributed by atoms with Crippen LogP contribution in [0.2, 0.25) is 0 Å². The van der Waals surface area contributed by atoms with Crippen LogP contribution in [-0.4, -0.2) is 30.2 Å². The molecule has 2 aromatic heterocycles. The average Bonchev–Trinajstić information content (AvgIpc) is 3.16. The van der Waals surface area contributed by atoms with Gasteiger partial charge in [-0.2, -0.15) is 5.10 Å². The SMILES string of the molecule is CCn1c(=O)c2ccccc2n(CC(=O)NC(C)c2nc(C(C)C)n[nH]2)c1=O. The van der Waals surface area contributed by atoms with Gasteiger partial charge in [0.2, 0.25) is 5.91 Å². The van der Waals surface area contributed by atoms with Crippen LogP contribution in [0.3, 0.4) is 0 Å². The molecule has 1 aromatic carbocycles. The number of para-hydroxylation sites is 1. The number of rotatable bonds is 6. The van der Waals surface area contributed by atoms with Gasteiger partial charge in [0.1, 0.15) is 12.4 Å². The third-order valence-corrected chi connectivity index (χ3v) is 4.57. The molecule has 0 saturated carbocycles. The first-order valence-electron chi connectivity index (χ1n) is 9.27. The lowest BCUT2D eigenvalue weighted by Crippen LogP contribution is -2.42. The summed E-state index contributed by atoms with van der Waals surface area (Å²) in [5, 5.41) is 10.2. The van der Waals surface area contributed by atoms with Crippen LogP contribution in [0.1, 0.15) is 51.3 Å². The van der Waals surface area contributed by atoms with Crippen molar-refractivity contribution >= 4 is 16.8 Å². The number of fused-ring (bicyclic) bond motifs is 1. The molecule has 2 heterocycles. The van der Waals surface area contributed by atoms with E-state index in [1.54, 1.807) is 38.1 Å². The van der Waals surface area contributed by atoms with E-state index in [1.165, 1.54) is 4.57 Å². The van der Waals surface area contributed by atoms with E-state index in [-0.39, 0.29) is 30.5 Å². The predicted octanol–water partition coefficient (Wildman–Crippen LogP) is 1.30. The third kappa shape index (κ3) is 3.60. The lowest BCUT2D eigenvalue weighted by Gasteiger charge is -2.15. The molecular weight excluding hydrogens is 360 g/mol. The molecule has 28 heavy (non-hydrogen) atoms. The number of nitrogens with one attached hydrogen (secondary N) is 2. The minimum absolute atomic E-state index is 0.174. The number of hydrogen-bond donors (Lipinski definition) is 2. The molecule has 9 nitrogen and oxygen atoms in total. The topological polar surface area (TPSA) is 115 Å². The van der Waals surface area contributed by atoms with Crippen molar-refractivity contribution in [3.8, 4) is 0 Å². The van der Waals surface area contributed by atoms with Crippen molar-refractivity contribution in [1.29, 1.82) is 0 Å². The van der Waals surface area contributed by atoms with Gasteiger partial charge in [0, 0.05) is 12.5 Å². The molecule has 1 atom stereocenters. The number of aromatic nitrogens is 5. The summed E-state index contributed by atoms with van der Waals surface area (Å²) in [6, 6.07) is 6.39. The second-order valence-corrected chi connectivity index (χ2v) is 6.96. The number of H-pyrrole nitrogens is 1. The fraction of sp³-hybridized carbons (Fsp3) is 0.421. The minimum atomic E-state index is -0.504. The first kappa shape index (κ1) is 19.5. The Morgan fingerprint density at radius 1 is 1.18 bits per heavy atom. The summed E-state index contributed by atoms with van der Waals surface area (Å²) in [6.45, 7) is 7.51. The number of amides is 1. The van der Waals surface area contributed by atoms with Gasteiger partial charge in [-0.25, -0.2) is 9.78 Å². The fourth-order valence-electron chi connectivity index (χ4n) is 3.04. The van der Waals surface area contributed by atoms with Gasteiger partial charge in [-0.1, -0.05) is 26.0 Å². The maximum Gasteiger partial charge on any atom is 0.331 e. The predicted molar refractivity (Wildman–Crippen MR) is 105 cm³/mol. The Kier molecular flexibility index (Phi) is 5.43. The second kappa shape index (κ2) is 7.79. The maximum absolute atomic E-state index is 12.7. The molecule has 3 rings (SSSR count). The molecule has 0 aliphatic rings. The molecule has 1 unspecified atom stereocenters. The van der Waals surface area contributed by atoms with E-state index in [4.69, 9.17) is 0 Å². The maximum atomic E-state index is 12.7. The first-order valence-corrected chi connectivity index (χ1v) is 9.27. The van der Waals surface area contributed by atoms with Crippen molar-refractivity contribution in [2.75, 3.05) is 0 Å². The van der Waals surface area contributed by atoms with Gasteiger partial charge in [-0.3, -0.25) is 23.8 Å². The van der Waals surface area contributed by atoms with E-state index in [0.717, 1.165) is 4.57 Å². The van der Waals surface area contributed by atoms with Crippen molar-refractivity contribution in [3.63, 3.8) is 0 Å². The fourth-order valence-corrected chi connectivity index (χ4v) is 3.04. The van der Waals surface area contributed by atoms with Gasteiger partial charge >= 0.3 is 5.69 Å². The van der Waals surface area contributed by atoms with Crippen LogP contribution in [-0.2, 0) is 17.9 Å². The molecule has 0 aliphatic carbocycles. The lowest BCUT2D eigenvalue weighted by atomic mass is 10.2. The molecule has 3 aromatic rings. The summed E-state index contributed by atoms with van der Waals surface area (Å²) in [5.41, 5.74) is -0.418. The molecule has 2 N–H and O–H groups in total. The number of hydrogen-bond acceptors (Lipinski definition) is 5. The Hall–Kier alpha value is -3.23. The lowest BCUT2D eigenvalue weighted by molar-refractivity contribution is -0.122. The van der Waals surface area contributed by atoms with Crippen LogP contribution in [0.5, 0.6) is 0 Å². The normalized spacial score (nSPS) is 12.5. The Morgan fingerprint density at radius 2 is 1.89 bits per heavy atom. The van der Waals surface area contributed by atoms with Gasteiger partial charge in [-0.15, -0.1) is 0 Å². The van der Waals surface area contributed by atoms with Gasteiger partial charge in [0.15, 0.2) is 5.82 Å². The number of carbonyl (C=O) groups is 1. The summed E-state index contributed by atoms with van der Waals surface area (Å²) in [5.74, 6) is 1.04. The Balaban J connectivity index is 1.88. The zero-order chi connectivity index (χ0) is 20.4. The Morgan fingerprint density at radius 3 is 2.54 bits per heavy atom. The van der Waals surface area contributed by atoms with Crippen LogP contribution in [0.4, 0.5) is 0 Å². The Bertz CT molecular complexity index is 1120. The zero-order valence-electron chi connectivity index (χ0n) is 16.4. The van der Waals surface area contributed by atoms with Gasteiger partial charge in [0.25, 0.3) is 5.56 Å². The molecule has 0 spiro atoms. The molecule has 0 bridgehead atoms. The highest BCUT2D eigenvalue weighted by molar-refractivity contribution is 5.81. The second-order valence-electron chi connectivity index (χ2n) is 6.96. The van der Waals surface area contributed by atoms with Crippen molar-refractivity contribution in [2.24, 2.45) is 0 Å². The van der Waals surface area contributed by atoms with Crippen molar-refractivity contribution in [2.45, 2.75) is 52.7 Å². The quantitative estimate of drug-likeness (QED) is 0.665. The van der Waals surface area contributed by atoms with E-state index in [2.05, 4.69) is 20.5 Å². The zero-order valence-corrected chi connectivity index (χ0v) is 16.4.